The van der Waals surface area contributed by atoms with Gasteiger partial charge in [-0.05, 0) is 33.1 Å². The molecule has 1 aromatic heterocycles. The molecule has 1 aromatic rings. The lowest BCUT2D eigenvalue weighted by Crippen LogP contribution is -2.42. The molecule has 0 bridgehead atoms. The van der Waals surface area contributed by atoms with Crippen molar-refractivity contribution in [2.24, 2.45) is 0 Å². The first-order valence-electron chi connectivity index (χ1n) is 7.89. The van der Waals surface area contributed by atoms with Gasteiger partial charge in [0, 0.05) is 43.6 Å². The van der Waals surface area contributed by atoms with Crippen molar-refractivity contribution in [1.82, 2.24) is 14.9 Å². The van der Waals surface area contributed by atoms with Gasteiger partial charge in [-0.2, -0.15) is 0 Å². The van der Waals surface area contributed by atoms with E-state index in [1.807, 2.05) is 0 Å². The fraction of sp³-hybridized carbons (Fsp3) is 0.688. The Hall–Kier alpha value is -1.79. The van der Waals surface area contributed by atoms with Crippen molar-refractivity contribution in [3.8, 4) is 0 Å². The first-order chi connectivity index (χ1) is 10.7. The van der Waals surface area contributed by atoms with E-state index in [1.54, 1.807) is 25.8 Å². The van der Waals surface area contributed by atoms with Crippen LogP contribution in [0.1, 0.15) is 49.2 Å². The normalized spacial score (nSPS) is 18.0. The van der Waals surface area contributed by atoms with Crippen molar-refractivity contribution in [3.05, 3.63) is 27.4 Å². The van der Waals surface area contributed by atoms with Crippen molar-refractivity contribution >= 4 is 5.91 Å². The van der Waals surface area contributed by atoms with Gasteiger partial charge in [-0.3, -0.25) is 9.59 Å². The van der Waals surface area contributed by atoms with Gasteiger partial charge in [-0.25, -0.2) is 13.8 Å². The number of amides is 1. The van der Waals surface area contributed by atoms with Crippen molar-refractivity contribution in [3.63, 3.8) is 0 Å². The average molecular weight is 327 g/mol. The van der Waals surface area contributed by atoms with Crippen LogP contribution in [0.4, 0.5) is 8.78 Å². The van der Waals surface area contributed by atoms with Gasteiger partial charge in [0.25, 0.3) is 5.56 Å². The van der Waals surface area contributed by atoms with Crippen LogP contribution < -0.4 is 5.56 Å². The fourth-order valence-electron chi connectivity index (χ4n) is 3.07. The summed E-state index contributed by atoms with van der Waals surface area (Å²) in [4.78, 5) is 32.6. The summed E-state index contributed by atoms with van der Waals surface area (Å²) >= 11 is 0. The molecule has 1 aliphatic rings. The van der Waals surface area contributed by atoms with Crippen molar-refractivity contribution in [1.29, 1.82) is 0 Å². The van der Waals surface area contributed by atoms with Gasteiger partial charge < -0.3 is 9.88 Å². The lowest BCUT2D eigenvalue weighted by Gasteiger charge is -2.34. The van der Waals surface area contributed by atoms with E-state index in [2.05, 4.69) is 9.97 Å². The van der Waals surface area contributed by atoms with E-state index < -0.39 is 5.92 Å². The van der Waals surface area contributed by atoms with E-state index in [1.165, 1.54) is 0 Å². The number of aryl methyl sites for hydroxylation is 2. The van der Waals surface area contributed by atoms with Crippen molar-refractivity contribution < 1.29 is 13.6 Å². The molecule has 1 N–H and O–H groups in total. The van der Waals surface area contributed by atoms with Crippen molar-refractivity contribution in [2.75, 3.05) is 7.05 Å². The van der Waals surface area contributed by atoms with Crippen LogP contribution in [0.15, 0.2) is 4.79 Å². The van der Waals surface area contributed by atoms with Gasteiger partial charge in [0.05, 0.1) is 0 Å². The Morgan fingerprint density at radius 1 is 1.35 bits per heavy atom. The number of aromatic nitrogens is 2. The zero-order valence-electron chi connectivity index (χ0n) is 13.8. The van der Waals surface area contributed by atoms with Crippen LogP contribution in [0.25, 0.3) is 0 Å². The van der Waals surface area contributed by atoms with E-state index in [0.717, 1.165) is 0 Å². The first-order valence-corrected chi connectivity index (χ1v) is 7.89. The van der Waals surface area contributed by atoms with Crippen LogP contribution in [0.5, 0.6) is 0 Å². The molecule has 5 nitrogen and oxygen atoms in total. The van der Waals surface area contributed by atoms with E-state index in [4.69, 9.17) is 0 Å². The minimum atomic E-state index is -2.60. The molecular weight excluding hydrogens is 304 g/mol. The third-order valence-electron chi connectivity index (χ3n) is 4.56. The molecule has 128 valence electrons. The van der Waals surface area contributed by atoms with Crippen LogP contribution in [-0.2, 0) is 11.2 Å². The van der Waals surface area contributed by atoms with Gasteiger partial charge in [0.2, 0.25) is 11.8 Å². The Morgan fingerprint density at radius 3 is 2.52 bits per heavy atom. The molecule has 23 heavy (non-hydrogen) atoms. The highest BCUT2D eigenvalue weighted by Gasteiger charge is 2.37. The number of rotatable bonds is 4. The Morgan fingerprint density at radius 2 is 1.96 bits per heavy atom. The molecule has 7 heteroatoms. The highest BCUT2D eigenvalue weighted by atomic mass is 19.3. The number of carbonyl (C=O) groups is 1. The summed E-state index contributed by atoms with van der Waals surface area (Å²) in [6.45, 7) is 3.45. The Balaban J connectivity index is 1.94. The van der Waals surface area contributed by atoms with E-state index >= 15 is 0 Å². The zero-order valence-corrected chi connectivity index (χ0v) is 13.8. The van der Waals surface area contributed by atoms with Crippen LogP contribution in [0.3, 0.4) is 0 Å². The quantitative estimate of drug-likeness (QED) is 0.923. The second-order valence-corrected chi connectivity index (χ2v) is 6.31. The number of carbonyl (C=O) groups excluding carboxylic acids is 1. The topological polar surface area (TPSA) is 66.1 Å². The third kappa shape index (κ3) is 4.36. The maximum absolute atomic E-state index is 13.2. The van der Waals surface area contributed by atoms with Crippen LogP contribution in [-0.4, -0.2) is 39.8 Å². The summed E-state index contributed by atoms with van der Waals surface area (Å²) in [5, 5.41) is 0. The van der Waals surface area contributed by atoms with Gasteiger partial charge in [0.15, 0.2) is 0 Å². The summed E-state index contributed by atoms with van der Waals surface area (Å²) in [5.74, 6) is -2.18. The number of nitrogens with one attached hydrogen (secondary N) is 1. The highest BCUT2D eigenvalue weighted by molar-refractivity contribution is 5.76. The molecule has 0 atom stereocenters. The molecule has 2 rings (SSSR count). The van der Waals surface area contributed by atoms with Crippen LogP contribution in [0, 0.1) is 13.8 Å². The maximum atomic E-state index is 13.2. The molecule has 1 heterocycles. The van der Waals surface area contributed by atoms with Crippen LogP contribution >= 0.6 is 0 Å². The molecule has 1 amide bonds. The average Bonchev–Trinajstić information content (AvgIpc) is 2.45. The number of hydrogen-bond donors (Lipinski definition) is 1. The Labute approximate surface area is 134 Å². The van der Waals surface area contributed by atoms with Gasteiger partial charge in [-0.15, -0.1) is 0 Å². The minimum absolute atomic E-state index is 0.125. The summed E-state index contributed by atoms with van der Waals surface area (Å²) in [7, 11) is 1.65. The predicted molar refractivity (Wildman–Crippen MR) is 82.6 cm³/mol. The second kappa shape index (κ2) is 6.76. The van der Waals surface area contributed by atoms with Gasteiger partial charge >= 0.3 is 0 Å². The molecular formula is C16H23F2N3O2. The predicted octanol–water partition coefficient (Wildman–Crippen LogP) is 2.36. The monoisotopic (exact) mass is 327 g/mol. The van der Waals surface area contributed by atoms with Gasteiger partial charge in [-0.1, -0.05) is 0 Å². The molecule has 0 aromatic carbocycles. The molecule has 0 radical (unpaired) electrons. The van der Waals surface area contributed by atoms with E-state index in [0.29, 0.717) is 36.3 Å². The molecule has 0 spiro atoms. The van der Waals surface area contributed by atoms with E-state index in [9.17, 15) is 18.4 Å². The molecule has 1 fully saturated rings. The summed E-state index contributed by atoms with van der Waals surface area (Å²) in [5.41, 5.74) is 0.911. The number of nitrogens with zero attached hydrogens (tertiary/aromatic N) is 2. The lowest BCUT2D eigenvalue weighted by atomic mass is 9.91. The Bertz CT molecular complexity index is 633. The number of aromatic amines is 1. The largest absolute Gasteiger partial charge is 0.343 e. The second-order valence-electron chi connectivity index (χ2n) is 6.31. The lowest BCUT2D eigenvalue weighted by molar-refractivity contribution is -0.134. The van der Waals surface area contributed by atoms with Gasteiger partial charge in [0.1, 0.15) is 5.82 Å². The number of alkyl halides is 2. The van der Waals surface area contributed by atoms with Crippen LogP contribution in [0.2, 0.25) is 0 Å². The molecule has 0 aliphatic heterocycles. The summed E-state index contributed by atoms with van der Waals surface area (Å²) in [6, 6.07) is -0.141. The summed E-state index contributed by atoms with van der Waals surface area (Å²) < 4.78 is 26.4. The molecule has 0 saturated heterocycles. The number of halogens is 2. The molecule has 0 unspecified atom stereocenters. The third-order valence-corrected chi connectivity index (χ3v) is 4.56. The highest BCUT2D eigenvalue weighted by Crippen LogP contribution is 2.34. The molecule has 1 saturated carbocycles. The maximum Gasteiger partial charge on any atom is 0.254 e. The smallest absolute Gasteiger partial charge is 0.254 e. The minimum Gasteiger partial charge on any atom is -0.343 e. The number of H-pyrrole nitrogens is 1. The Kier molecular flexibility index (Phi) is 5.16. The standard InChI is InChI=1S/C16H23F2N3O2/c1-10-13(15(23)20-11(2)19-10)4-5-14(22)21(3)12-6-8-16(17,18)9-7-12/h12H,4-9H2,1-3H3,(H,19,20,23). The molecule has 1 aliphatic carbocycles. The SMILES string of the molecule is Cc1nc(C)c(CCC(=O)N(C)C2CCC(F)(F)CC2)c(=O)[nH]1. The van der Waals surface area contributed by atoms with Crippen molar-refractivity contribution in [2.45, 2.75) is 64.3 Å². The fourth-order valence-corrected chi connectivity index (χ4v) is 3.07. The first kappa shape index (κ1) is 17.6. The number of hydrogen-bond acceptors (Lipinski definition) is 3. The summed E-state index contributed by atoms with van der Waals surface area (Å²) in [6.07, 6.45) is 0.784. The van der Waals surface area contributed by atoms with E-state index in [-0.39, 0.29) is 36.8 Å². The zero-order chi connectivity index (χ0) is 17.2.